The Morgan fingerprint density at radius 2 is 1.85 bits per heavy atom. The van der Waals surface area contributed by atoms with Gasteiger partial charge in [-0.25, -0.2) is 13.1 Å². The number of benzene rings is 1. The second-order valence-corrected chi connectivity index (χ2v) is 10.0. The fourth-order valence-corrected chi connectivity index (χ4v) is 4.62. The molecular formula is C19H27N3O4S. The van der Waals surface area contributed by atoms with Crippen molar-refractivity contribution in [2.75, 3.05) is 6.61 Å². The van der Waals surface area contributed by atoms with Crippen molar-refractivity contribution in [1.82, 2.24) is 14.9 Å². The minimum absolute atomic E-state index is 0.0125. The van der Waals surface area contributed by atoms with E-state index in [1.165, 1.54) is 0 Å². The molecule has 27 heavy (non-hydrogen) atoms. The number of nitrogens with zero attached hydrogens (tertiary/aromatic N) is 2. The maximum absolute atomic E-state index is 12.2. The summed E-state index contributed by atoms with van der Waals surface area (Å²) in [6, 6.07) is 6.27. The van der Waals surface area contributed by atoms with Gasteiger partial charge >= 0.3 is 0 Å². The molecule has 0 aliphatic carbocycles. The third-order valence-corrected chi connectivity index (χ3v) is 6.20. The first kappa shape index (κ1) is 20.0. The molecule has 148 valence electrons. The molecule has 1 aromatic carbocycles. The average Bonchev–Trinajstić information content (AvgIpc) is 3.22. The van der Waals surface area contributed by atoms with Gasteiger partial charge in [-0.3, -0.25) is 0 Å². The molecule has 1 fully saturated rings. The number of rotatable bonds is 5. The van der Waals surface area contributed by atoms with Gasteiger partial charge in [-0.2, -0.15) is 4.98 Å². The quantitative estimate of drug-likeness (QED) is 0.837. The third kappa shape index (κ3) is 4.39. The van der Waals surface area contributed by atoms with Crippen LogP contribution in [0, 0.1) is 5.41 Å². The van der Waals surface area contributed by atoms with Crippen LogP contribution in [0.2, 0.25) is 0 Å². The van der Waals surface area contributed by atoms with Crippen LogP contribution in [0.1, 0.15) is 52.8 Å². The summed E-state index contributed by atoms with van der Waals surface area (Å²) < 4.78 is 38.3. The summed E-state index contributed by atoms with van der Waals surface area (Å²) in [5.74, 6) is 1.11. The van der Waals surface area contributed by atoms with Gasteiger partial charge in [-0.15, -0.1) is 0 Å². The third-order valence-electron chi connectivity index (χ3n) is 4.52. The highest BCUT2D eigenvalue weighted by atomic mass is 32.2. The zero-order chi connectivity index (χ0) is 19.8. The summed E-state index contributed by atoms with van der Waals surface area (Å²) in [7, 11) is -3.52. The molecule has 7 nitrogen and oxygen atoms in total. The highest BCUT2D eigenvalue weighted by Gasteiger charge is 2.40. The molecule has 1 aliphatic heterocycles. The fraction of sp³-hybridized carbons (Fsp3) is 0.579. The Bertz CT molecular complexity index is 882. The van der Waals surface area contributed by atoms with Crippen molar-refractivity contribution in [3.8, 4) is 11.5 Å². The first-order chi connectivity index (χ1) is 12.6. The van der Waals surface area contributed by atoms with Gasteiger partial charge in [0.2, 0.25) is 10.0 Å². The van der Waals surface area contributed by atoms with Crippen molar-refractivity contribution in [2.45, 2.75) is 64.0 Å². The maximum atomic E-state index is 12.2. The van der Waals surface area contributed by atoms with Crippen LogP contribution in [-0.4, -0.2) is 37.3 Å². The zero-order valence-corrected chi connectivity index (χ0v) is 17.2. The smallest absolute Gasteiger partial charge is 0.257 e. The van der Waals surface area contributed by atoms with E-state index >= 15 is 0 Å². The first-order valence-corrected chi connectivity index (χ1v) is 10.6. The van der Waals surface area contributed by atoms with E-state index in [0.717, 1.165) is 6.42 Å². The van der Waals surface area contributed by atoms with Crippen LogP contribution in [0.15, 0.2) is 33.7 Å². The van der Waals surface area contributed by atoms with Crippen molar-refractivity contribution < 1.29 is 17.7 Å². The lowest BCUT2D eigenvalue weighted by atomic mass is 9.81. The zero-order valence-electron chi connectivity index (χ0n) is 16.4. The predicted molar refractivity (Wildman–Crippen MR) is 102 cm³/mol. The van der Waals surface area contributed by atoms with E-state index in [0.29, 0.717) is 23.9 Å². The summed E-state index contributed by atoms with van der Waals surface area (Å²) in [5, 5.41) is 4.15. The van der Waals surface area contributed by atoms with E-state index in [9.17, 15) is 8.42 Å². The van der Waals surface area contributed by atoms with Crippen LogP contribution in [0.25, 0.3) is 11.5 Å². The van der Waals surface area contributed by atoms with E-state index < -0.39 is 10.0 Å². The van der Waals surface area contributed by atoms with Crippen molar-refractivity contribution in [3.63, 3.8) is 0 Å². The fourth-order valence-electron chi connectivity index (χ4n) is 3.37. The molecule has 0 bridgehead atoms. The summed E-state index contributed by atoms with van der Waals surface area (Å²) in [4.78, 5) is 4.75. The lowest BCUT2D eigenvalue weighted by Gasteiger charge is -2.29. The highest BCUT2D eigenvalue weighted by molar-refractivity contribution is 7.89. The largest absolute Gasteiger partial charge is 0.377 e. The highest BCUT2D eigenvalue weighted by Crippen LogP contribution is 2.40. The Hall–Kier alpha value is -1.77. The topological polar surface area (TPSA) is 94.3 Å². The molecule has 2 atom stereocenters. The van der Waals surface area contributed by atoms with Crippen molar-refractivity contribution in [3.05, 3.63) is 30.1 Å². The van der Waals surface area contributed by atoms with Gasteiger partial charge in [0.1, 0.15) is 0 Å². The van der Waals surface area contributed by atoms with Crippen molar-refractivity contribution >= 4 is 10.0 Å². The van der Waals surface area contributed by atoms with Crippen LogP contribution >= 0.6 is 0 Å². The molecule has 1 saturated heterocycles. The van der Waals surface area contributed by atoms with Crippen LogP contribution in [0.5, 0.6) is 0 Å². The minimum atomic E-state index is -3.52. The van der Waals surface area contributed by atoms with Crippen LogP contribution in [-0.2, 0) is 14.8 Å². The minimum Gasteiger partial charge on any atom is -0.377 e. The molecule has 8 heteroatoms. The Labute approximate surface area is 160 Å². The number of hydrogen-bond donors (Lipinski definition) is 1. The van der Waals surface area contributed by atoms with Crippen LogP contribution in [0.3, 0.4) is 0 Å². The van der Waals surface area contributed by atoms with Gasteiger partial charge < -0.3 is 9.26 Å². The van der Waals surface area contributed by atoms with Gasteiger partial charge in [0, 0.05) is 18.2 Å². The normalized spacial score (nSPS) is 21.1. The molecule has 0 spiro atoms. The summed E-state index contributed by atoms with van der Waals surface area (Å²) in [5.41, 5.74) is 0.671. The second-order valence-electron chi connectivity index (χ2n) is 8.31. The van der Waals surface area contributed by atoms with Crippen LogP contribution in [0.4, 0.5) is 0 Å². The average molecular weight is 394 g/mol. The van der Waals surface area contributed by atoms with Gasteiger partial charge in [-0.1, -0.05) is 25.9 Å². The number of sulfonamides is 1. The number of aromatic nitrogens is 2. The summed E-state index contributed by atoms with van der Waals surface area (Å²) in [6.07, 6.45) is 0.900. The standard InChI is InChI=1S/C19H27N3O4S/c1-12(2)22-27(23,24)14-8-6-13(7-9-14)18-20-17(21-26-18)15-10-11-25-16(15)19(3,4)5/h6-9,12,15-16,22H,10-11H2,1-5H3/t15-,16-/m0/s1. The number of ether oxygens (including phenoxy) is 1. The Kier molecular flexibility index (Phi) is 5.42. The molecule has 1 aromatic heterocycles. The van der Waals surface area contributed by atoms with E-state index in [4.69, 9.17) is 9.26 Å². The SMILES string of the molecule is CC(C)NS(=O)(=O)c1ccc(-c2nc([C@H]3CCO[C@@H]3C(C)(C)C)no2)cc1. The monoisotopic (exact) mass is 393 g/mol. The van der Waals surface area contributed by atoms with Gasteiger partial charge in [-0.05, 0) is 49.9 Å². The van der Waals surface area contributed by atoms with Gasteiger partial charge in [0.25, 0.3) is 5.89 Å². The molecule has 1 N–H and O–H groups in total. The Balaban J connectivity index is 1.81. The molecule has 1 aliphatic rings. The van der Waals surface area contributed by atoms with Crippen molar-refractivity contribution in [2.24, 2.45) is 5.41 Å². The van der Waals surface area contributed by atoms with E-state index in [-0.39, 0.29) is 28.4 Å². The number of nitrogens with one attached hydrogen (secondary N) is 1. The predicted octanol–water partition coefficient (Wildman–Crippen LogP) is 3.34. The molecule has 0 saturated carbocycles. The van der Waals surface area contributed by atoms with Crippen molar-refractivity contribution in [1.29, 1.82) is 0 Å². The lowest BCUT2D eigenvalue weighted by molar-refractivity contribution is 0.0193. The molecule has 2 heterocycles. The van der Waals surface area contributed by atoms with E-state index in [1.54, 1.807) is 38.1 Å². The molecule has 2 aromatic rings. The first-order valence-electron chi connectivity index (χ1n) is 9.16. The lowest BCUT2D eigenvalue weighted by Crippen LogP contribution is -2.30. The molecular weight excluding hydrogens is 366 g/mol. The van der Waals surface area contributed by atoms with E-state index in [1.807, 2.05) is 0 Å². The molecule has 3 rings (SSSR count). The second kappa shape index (κ2) is 7.33. The summed E-state index contributed by atoms with van der Waals surface area (Å²) in [6.45, 7) is 10.7. The van der Waals surface area contributed by atoms with Gasteiger partial charge in [0.05, 0.1) is 16.9 Å². The maximum Gasteiger partial charge on any atom is 0.257 e. The molecule has 0 radical (unpaired) electrons. The van der Waals surface area contributed by atoms with E-state index in [2.05, 4.69) is 35.6 Å². The molecule has 0 amide bonds. The van der Waals surface area contributed by atoms with Gasteiger partial charge in [0.15, 0.2) is 5.82 Å². The van der Waals surface area contributed by atoms with Crippen LogP contribution < -0.4 is 4.72 Å². The Morgan fingerprint density at radius 3 is 2.44 bits per heavy atom. The molecule has 0 unspecified atom stereocenters. The summed E-state index contributed by atoms with van der Waals surface area (Å²) >= 11 is 0. The Morgan fingerprint density at radius 1 is 1.19 bits per heavy atom. The number of hydrogen-bond acceptors (Lipinski definition) is 6.